The molecule has 0 spiro atoms. The Kier molecular flexibility index (Phi) is 6.58. The molecule has 1 aromatic carbocycles. The molecule has 0 unspecified atom stereocenters. The molecule has 7 nitrogen and oxygen atoms in total. The van der Waals surface area contributed by atoms with Gasteiger partial charge in [-0.15, -0.1) is 0 Å². The Morgan fingerprint density at radius 2 is 2.04 bits per heavy atom. The van der Waals surface area contributed by atoms with Crippen molar-refractivity contribution in [1.29, 1.82) is 0 Å². The van der Waals surface area contributed by atoms with Gasteiger partial charge in [0.2, 0.25) is 0 Å². The molecule has 0 saturated heterocycles. The van der Waals surface area contributed by atoms with Gasteiger partial charge in [0.05, 0.1) is 4.92 Å². The van der Waals surface area contributed by atoms with Gasteiger partial charge in [0.15, 0.2) is 6.10 Å². The highest BCUT2D eigenvalue weighted by Crippen LogP contribution is 2.29. The van der Waals surface area contributed by atoms with Crippen molar-refractivity contribution in [2.24, 2.45) is 11.8 Å². The van der Waals surface area contributed by atoms with Crippen LogP contribution in [0, 0.1) is 22.0 Å². The van der Waals surface area contributed by atoms with Gasteiger partial charge < -0.3 is 10.1 Å². The van der Waals surface area contributed by atoms with Gasteiger partial charge in [-0.05, 0) is 37.3 Å². The van der Waals surface area contributed by atoms with Crippen LogP contribution in [-0.4, -0.2) is 28.9 Å². The van der Waals surface area contributed by atoms with Crippen LogP contribution < -0.4 is 5.32 Å². The molecule has 1 amide bonds. The number of amides is 1. The molecule has 0 radical (unpaired) electrons. The summed E-state index contributed by atoms with van der Waals surface area (Å²) in [5.74, 6) is -0.508. The first-order valence-electron chi connectivity index (χ1n) is 8.66. The van der Waals surface area contributed by atoms with Gasteiger partial charge in [-0.2, -0.15) is 0 Å². The lowest BCUT2D eigenvalue weighted by atomic mass is 9.78. The van der Waals surface area contributed by atoms with Gasteiger partial charge >= 0.3 is 5.97 Å². The molecule has 0 aliphatic heterocycles. The van der Waals surface area contributed by atoms with Gasteiger partial charge in [0.25, 0.3) is 11.6 Å². The van der Waals surface area contributed by atoms with Crippen molar-refractivity contribution in [3.63, 3.8) is 0 Å². The number of hydrogen-bond acceptors (Lipinski definition) is 5. The van der Waals surface area contributed by atoms with Crippen molar-refractivity contribution < 1.29 is 19.2 Å². The minimum absolute atomic E-state index is 0.0351. The van der Waals surface area contributed by atoms with E-state index in [0.29, 0.717) is 11.8 Å². The number of benzene rings is 1. The third kappa shape index (κ3) is 4.72. The molecule has 0 heterocycles. The van der Waals surface area contributed by atoms with Crippen LogP contribution in [-0.2, 0) is 9.53 Å². The second-order valence-corrected chi connectivity index (χ2v) is 7.28. The second-order valence-electron chi connectivity index (χ2n) is 6.85. The van der Waals surface area contributed by atoms with Crippen LogP contribution in [0.1, 0.15) is 50.4 Å². The standard InChI is InChI=1S/C18H23ClN2O5/c1-10-5-4-6-15(11(10)2)20-17(22)12(3)26-18(23)14-9-13(19)7-8-16(14)21(24)25/h7-12,15H,4-6H2,1-3H3,(H,20,22)/t10-,11-,12-,15-/m1/s1. The van der Waals surface area contributed by atoms with E-state index < -0.39 is 28.6 Å². The average Bonchev–Trinajstić information content (AvgIpc) is 2.58. The van der Waals surface area contributed by atoms with Crippen molar-refractivity contribution >= 4 is 29.2 Å². The van der Waals surface area contributed by atoms with Crippen molar-refractivity contribution in [3.05, 3.63) is 38.9 Å². The fourth-order valence-electron chi connectivity index (χ4n) is 3.19. The Balaban J connectivity index is 2.04. The topological polar surface area (TPSA) is 98.5 Å². The Bertz CT molecular complexity index is 709. The first-order chi connectivity index (χ1) is 12.2. The van der Waals surface area contributed by atoms with Crippen molar-refractivity contribution in [2.45, 2.75) is 52.2 Å². The summed E-state index contributed by atoms with van der Waals surface area (Å²) in [5.41, 5.74) is -0.691. The lowest BCUT2D eigenvalue weighted by Gasteiger charge is -2.35. The molecule has 1 aliphatic carbocycles. The maximum absolute atomic E-state index is 12.4. The summed E-state index contributed by atoms with van der Waals surface area (Å²) in [5, 5.41) is 14.2. The predicted molar refractivity (Wildman–Crippen MR) is 97.1 cm³/mol. The van der Waals surface area contributed by atoms with E-state index >= 15 is 0 Å². The van der Waals surface area contributed by atoms with Gasteiger partial charge in [-0.1, -0.05) is 38.3 Å². The zero-order valence-corrected chi connectivity index (χ0v) is 15.8. The number of nitro benzene ring substituents is 1. The highest BCUT2D eigenvalue weighted by Gasteiger charge is 2.31. The summed E-state index contributed by atoms with van der Waals surface area (Å²) in [7, 11) is 0. The summed E-state index contributed by atoms with van der Waals surface area (Å²) >= 11 is 5.81. The summed E-state index contributed by atoms with van der Waals surface area (Å²) in [6, 6.07) is 3.65. The quantitative estimate of drug-likeness (QED) is 0.475. The first-order valence-corrected chi connectivity index (χ1v) is 9.03. The molecule has 2 rings (SSSR count). The smallest absolute Gasteiger partial charge is 0.345 e. The maximum Gasteiger partial charge on any atom is 0.345 e. The molecule has 1 N–H and O–H groups in total. The molecule has 0 aromatic heterocycles. The van der Waals surface area contributed by atoms with Crippen LogP contribution in [0.25, 0.3) is 0 Å². The molecule has 4 atom stereocenters. The molecule has 142 valence electrons. The van der Waals surface area contributed by atoms with Crippen molar-refractivity contribution in [2.75, 3.05) is 0 Å². The average molecular weight is 383 g/mol. The summed E-state index contributed by atoms with van der Waals surface area (Å²) < 4.78 is 5.13. The number of halogens is 1. The first kappa shape index (κ1) is 20.2. The van der Waals surface area contributed by atoms with Crippen LogP contribution in [0.5, 0.6) is 0 Å². The van der Waals surface area contributed by atoms with Crippen LogP contribution in [0.15, 0.2) is 18.2 Å². The van der Waals surface area contributed by atoms with E-state index in [9.17, 15) is 19.7 Å². The second kappa shape index (κ2) is 8.49. The maximum atomic E-state index is 12.4. The zero-order chi connectivity index (χ0) is 19.4. The van der Waals surface area contributed by atoms with Gasteiger partial charge in [0, 0.05) is 17.1 Å². The number of ether oxygens (including phenoxy) is 1. The monoisotopic (exact) mass is 382 g/mol. The molecule has 1 saturated carbocycles. The molecular formula is C18H23ClN2O5. The third-order valence-corrected chi connectivity index (χ3v) is 5.30. The summed E-state index contributed by atoms with van der Waals surface area (Å²) in [6.07, 6.45) is 2.00. The lowest BCUT2D eigenvalue weighted by Crippen LogP contribution is -2.47. The van der Waals surface area contributed by atoms with Crippen LogP contribution in [0.3, 0.4) is 0 Å². The molecule has 1 fully saturated rings. The summed E-state index contributed by atoms with van der Waals surface area (Å²) in [6.45, 7) is 5.70. The number of carbonyl (C=O) groups is 2. The van der Waals surface area contributed by atoms with E-state index in [4.69, 9.17) is 16.3 Å². The van der Waals surface area contributed by atoms with Crippen molar-refractivity contribution in [1.82, 2.24) is 5.32 Å². The fourth-order valence-corrected chi connectivity index (χ4v) is 3.37. The molecule has 8 heteroatoms. The Morgan fingerprint density at radius 3 is 2.69 bits per heavy atom. The van der Waals surface area contributed by atoms with E-state index in [0.717, 1.165) is 31.4 Å². The van der Waals surface area contributed by atoms with E-state index in [-0.39, 0.29) is 16.6 Å². The minimum Gasteiger partial charge on any atom is -0.449 e. The SMILES string of the molecule is C[C@@H]1[C@H](C)CCC[C@H]1NC(=O)[C@@H](C)OC(=O)c1cc(Cl)ccc1[N+](=O)[O-]. The Morgan fingerprint density at radius 1 is 1.35 bits per heavy atom. The number of carbonyl (C=O) groups excluding carboxylic acids is 2. The van der Waals surface area contributed by atoms with Crippen LogP contribution in [0.2, 0.25) is 5.02 Å². The predicted octanol–water partition coefficient (Wildman–Crippen LogP) is 3.73. The minimum atomic E-state index is -1.06. The summed E-state index contributed by atoms with van der Waals surface area (Å²) in [4.78, 5) is 35.0. The van der Waals surface area contributed by atoms with E-state index in [1.165, 1.54) is 13.0 Å². The number of nitrogens with zero attached hydrogens (tertiary/aromatic N) is 1. The number of nitrogens with one attached hydrogen (secondary N) is 1. The number of rotatable bonds is 5. The van der Waals surface area contributed by atoms with Crippen molar-refractivity contribution in [3.8, 4) is 0 Å². The zero-order valence-electron chi connectivity index (χ0n) is 15.0. The van der Waals surface area contributed by atoms with Crippen LogP contribution >= 0.6 is 11.6 Å². The van der Waals surface area contributed by atoms with E-state index in [1.807, 2.05) is 0 Å². The molecule has 26 heavy (non-hydrogen) atoms. The number of nitro groups is 1. The van der Waals surface area contributed by atoms with E-state index in [1.54, 1.807) is 0 Å². The lowest BCUT2D eigenvalue weighted by molar-refractivity contribution is -0.385. The third-order valence-electron chi connectivity index (χ3n) is 5.06. The van der Waals surface area contributed by atoms with Gasteiger partial charge in [0.1, 0.15) is 5.56 Å². The Labute approximate surface area is 157 Å². The highest BCUT2D eigenvalue weighted by molar-refractivity contribution is 6.31. The van der Waals surface area contributed by atoms with Crippen LogP contribution in [0.4, 0.5) is 5.69 Å². The van der Waals surface area contributed by atoms with Gasteiger partial charge in [-0.25, -0.2) is 4.79 Å². The molecule has 1 aromatic rings. The highest BCUT2D eigenvalue weighted by atomic mass is 35.5. The number of hydrogen-bond donors (Lipinski definition) is 1. The van der Waals surface area contributed by atoms with Gasteiger partial charge in [-0.3, -0.25) is 14.9 Å². The van der Waals surface area contributed by atoms with E-state index in [2.05, 4.69) is 19.2 Å². The number of esters is 1. The molecular weight excluding hydrogens is 360 g/mol. The normalized spacial score (nSPS) is 23.8. The Hall–Kier alpha value is -2.15. The molecule has 1 aliphatic rings. The molecule has 0 bridgehead atoms. The largest absolute Gasteiger partial charge is 0.449 e. The fraction of sp³-hybridized carbons (Fsp3) is 0.556.